The zero-order valence-corrected chi connectivity index (χ0v) is 18.3. The minimum absolute atomic E-state index is 0.0764. The maximum Gasteiger partial charge on any atom is 0.230 e. The third-order valence-corrected chi connectivity index (χ3v) is 4.89. The molecule has 1 atom stereocenters. The van der Waals surface area contributed by atoms with E-state index in [0.29, 0.717) is 22.5 Å². The second-order valence-corrected chi connectivity index (χ2v) is 7.59. The first-order valence-corrected chi connectivity index (χ1v) is 10.0. The van der Waals surface area contributed by atoms with E-state index in [2.05, 4.69) is 20.8 Å². The van der Waals surface area contributed by atoms with E-state index in [4.69, 9.17) is 17.0 Å². The van der Waals surface area contributed by atoms with Crippen LogP contribution in [-0.4, -0.2) is 42.0 Å². The zero-order chi connectivity index (χ0) is 20.7. The van der Waals surface area contributed by atoms with Crippen molar-refractivity contribution in [3.63, 3.8) is 0 Å². The van der Waals surface area contributed by atoms with E-state index in [9.17, 15) is 4.79 Å². The van der Waals surface area contributed by atoms with Crippen LogP contribution in [0.4, 0.5) is 10.8 Å². The Morgan fingerprint density at radius 1 is 1.43 bits per heavy atom. The van der Waals surface area contributed by atoms with Crippen LogP contribution in [0.5, 0.6) is 0 Å². The van der Waals surface area contributed by atoms with Crippen LogP contribution in [0.25, 0.3) is 0 Å². The average Bonchev–Trinajstić information content (AvgIpc) is 3.06. The van der Waals surface area contributed by atoms with Crippen molar-refractivity contribution in [1.29, 1.82) is 0 Å². The lowest BCUT2D eigenvalue weighted by atomic mass is 10.1. The summed E-state index contributed by atoms with van der Waals surface area (Å²) < 4.78 is 5.05. The Morgan fingerprint density at radius 2 is 2.11 bits per heavy atom. The largest absolute Gasteiger partial charge is 0.383 e. The SMILES string of the molecule is COC[C@@H](C)NC(=S)N/N=C\c1csc(N(C(C)=O)c2c(C)cccc2C)n1. The van der Waals surface area contributed by atoms with Crippen LogP contribution in [0.2, 0.25) is 0 Å². The number of anilines is 2. The van der Waals surface area contributed by atoms with Crippen LogP contribution in [0, 0.1) is 13.8 Å². The second-order valence-electron chi connectivity index (χ2n) is 6.35. The standard InChI is InChI=1S/C19H25N5O2S2/c1-12-7-6-8-13(2)17(12)24(15(4)25)19-22-16(11-28-19)9-20-23-18(27)21-14(3)10-26-5/h6-9,11,14H,10H2,1-5H3,(H2,21,23,27)/b20-9-/t14-/m1/s1. The molecule has 1 aromatic heterocycles. The first-order chi connectivity index (χ1) is 13.3. The first-order valence-electron chi connectivity index (χ1n) is 8.74. The van der Waals surface area contributed by atoms with Crippen molar-refractivity contribution in [2.45, 2.75) is 33.7 Å². The Balaban J connectivity index is 2.11. The molecule has 0 saturated carbocycles. The molecule has 7 nitrogen and oxygen atoms in total. The van der Waals surface area contributed by atoms with Crippen molar-refractivity contribution in [2.75, 3.05) is 18.6 Å². The molecule has 1 aromatic carbocycles. The van der Waals surface area contributed by atoms with Crippen LogP contribution in [-0.2, 0) is 9.53 Å². The highest BCUT2D eigenvalue weighted by atomic mass is 32.1. The highest BCUT2D eigenvalue weighted by Crippen LogP contribution is 2.33. The Bertz CT molecular complexity index is 846. The van der Waals surface area contributed by atoms with Crippen molar-refractivity contribution in [1.82, 2.24) is 15.7 Å². The summed E-state index contributed by atoms with van der Waals surface area (Å²) in [6.45, 7) is 8.00. The van der Waals surface area contributed by atoms with Gasteiger partial charge in [0, 0.05) is 25.5 Å². The van der Waals surface area contributed by atoms with Crippen LogP contribution in [0.1, 0.15) is 30.7 Å². The number of hydrazone groups is 1. The van der Waals surface area contributed by atoms with Crippen LogP contribution >= 0.6 is 23.6 Å². The number of thiocarbonyl (C=S) groups is 1. The van der Waals surface area contributed by atoms with Gasteiger partial charge in [0.25, 0.3) is 0 Å². The maximum atomic E-state index is 12.3. The minimum atomic E-state index is -0.0918. The van der Waals surface area contributed by atoms with Crippen molar-refractivity contribution < 1.29 is 9.53 Å². The third-order valence-electron chi connectivity index (χ3n) is 3.84. The van der Waals surface area contributed by atoms with Crippen molar-refractivity contribution in [3.05, 3.63) is 40.4 Å². The minimum Gasteiger partial charge on any atom is -0.383 e. The summed E-state index contributed by atoms with van der Waals surface area (Å²) in [5.74, 6) is -0.0918. The number of aromatic nitrogens is 1. The van der Waals surface area contributed by atoms with Gasteiger partial charge in [0.15, 0.2) is 10.2 Å². The number of thiazole rings is 1. The van der Waals surface area contributed by atoms with Gasteiger partial charge in [-0.05, 0) is 44.1 Å². The molecule has 2 N–H and O–H groups in total. The number of carbonyl (C=O) groups excluding carboxylic acids is 1. The van der Waals surface area contributed by atoms with Gasteiger partial charge in [-0.25, -0.2) is 4.98 Å². The highest BCUT2D eigenvalue weighted by Gasteiger charge is 2.21. The maximum absolute atomic E-state index is 12.3. The summed E-state index contributed by atoms with van der Waals surface area (Å²) in [5.41, 5.74) is 6.29. The molecule has 1 amide bonds. The summed E-state index contributed by atoms with van der Waals surface area (Å²) in [5, 5.41) is 9.99. The van der Waals surface area contributed by atoms with E-state index in [1.807, 2.05) is 44.4 Å². The molecule has 0 radical (unpaired) electrons. The van der Waals surface area contributed by atoms with Gasteiger partial charge < -0.3 is 10.1 Å². The fourth-order valence-electron chi connectivity index (χ4n) is 2.69. The van der Waals surface area contributed by atoms with Crippen LogP contribution in [0.15, 0.2) is 28.7 Å². The number of methoxy groups -OCH3 is 1. The van der Waals surface area contributed by atoms with E-state index in [0.717, 1.165) is 16.8 Å². The number of rotatable bonds is 7. The number of hydrogen-bond donors (Lipinski definition) is 2. The van der Waals surface area contributed by atoms with Gasteiger partial charge in [-0.3, -0.25) is 15.1 Å². The van der Waals surface area contributed by atoms with Gasteiger partial charge >= 0.3 is 0 Å². The molecule has 1 heterocycles. The molecule has 150 valence electrons. The van der Waals surface area contributed by atoms with Gasteiger partial charge in [0.2, 0.25) is 5.91 Å². The highest BCUT2D eigenvalue weighted by molar-refractivity contribution is 7.80. The topological polar surface area (TPSA) is 78.9 Å². The molecule has 2 rings (SSSR count). The summed E-state index contributed by atoms with van der Waals surface area (Å²) >= 11 is 6.56. The van der Waals surface area contributed by atoms with E-state index in [1.165, 1.54) is 18.3 Å². The Labute approximate surface area is 174 Å². The molecular formula is C19H25N5O2S2. The fourth-order valence-corrected chi connectivity index (χ4v) is 3.77. The predicted molar refractivity (Wildman–Crippen MR) is 119 cm³/mol. The molecule has 0 saturated heterocycles. The van der Waals surface area contributed by atoms with E-state index in [-0.39, 0.29) is 11.9 Å². The van der Waals surface area contributed by atoms with Gasteiger partial charge in [-0.2, -0.15) is 5.10 Å². The molecule has 0 bridgehead atoms. The molecular weight excluding hydrogens is 394 g/mol. The van der Waals surface area contributed by atoms with Crippen molar-refractivity contribution >= 4 is 51.6 Å². The smallest absolute Gasteiger partial charge is 0.230 e. The number of amides is 1. The quantitative estimate of drug-likeness (QED) is 0.407. The van der Waals surface area contributed by atoms with Gasteiger partial charge in [-0.15, -0.1) is 11.3 Å². The lowest BCUT2D eigenvalue weighted by Crippen LogP contribution is -2.40. The Hall–Kier alpha value is -2.36. The molecule has 0 spiro atoms. The van der Waals surface area contributed by atoms with Gasteiger partial charge in [0.05, 0.1) is 24.2 Å². The number of ether oxygens (including phenoxy) is 1. The number of aryl methyl sites for hydroxylation is 2. The Morgan fingerprint density at radius 3 is 2.71 bits per heavy atom. The monoisotopic (exact) mass is 419 g/mol. The number of benzene rings is 1. The number of nitrogens with zero attached hydrogens (tertiary/aromatic N) is 3. The average molecular weight is 420 g/mol. The van der Waals surface area contributed by atoms with Gasteiger partial charge in [-0.1, -0.05) is 18.2 Å². The molecule has 9 heteroatoms. The first kappa shape index (κ1) is 21.9. The molecule has 0 fully saturated rings. The lowest BCUT2D eigenvalue weighted by molar-refractivity contribution is -0.115. The number of para-hydroxylation sites is 1. The number of hydrogen-bond acceptors (Lipinski definition) is 6. The summed E-state index contributed by atoms with van der Waals surface area (Å²) in [6, 6.07) is 6.02. The van der Waals surface area contributed by atoms with Crippen molar-refractivity contribution in [2.24, 2.45) is 5.10 Å². The van der Waals surface area contributed by atoms with Crippen molar-refractivity contribution in [3.8, 4) is 0 Å². The fraction of sp³-hybridized carbons (Fsp3) is 0.368. The van der Waals surface area contributed by atoms with E-state index >= 15 is 0 Å². The Kier molecular flexibility index (Phi) is 8.04. The molecule has 0 unspecified atom stereocenters. The van der Waals surface area contributed by atoms with E-state index in [1.54, 1.807) is 18.2 Å². The van der Waals surface area contributed by atoms with Gasteiger partial charge in [0.1, 0.15) is 0 Å². The zero-order valence-electron chi connectivity index (χ0n) is 16.6. The summed E-state index contributed by atoms with van der Waals surface area (Å²) in [4.78, 5) is 18.5. The van der Waals surface area contributed by atoms with Crippen LogP contribution in [0.3, 0.4) is 0 Å². The summed E-state index contributed by atoms with van der Waals surface area (Å²) in [6.07, 6.45) is 1.57. The molecule has 0 aliphatic rings. The lowest BCUT2D eigenvalue weighted by Gasteiger charge is -2.22. The normalized spacial score (nSPS) is 12.0. The number of carbonyl (C=O) groups is 1. The van der Waals surface area contributed by atoms with Crippen LogP contribution < -0.4 is 15.6 Å². The number of nitrogens with one attached hydrogen (secondary N) is 2. The molecule has 2 aromatic rings. The predicted octanol–water partition coefficient (Wildman–Crippen LogP) is 3.28. The molecule has 0 aliphatic carbocycles. The van der Waals surface area contributed by atoms with E-state index < -0.39 is 0 Å². The molecule has 0 aliphatic heterocycles. The third kappa shape index (κ3) is 5.82. The summed E-state index contributed by atoms with van der Waals surface area (Å²) in [7, 11) is 1.63. The molecule has 28 heavy (non-hydrogen) atoms. The second kappa shape index (κ2) is 10.3.